The van der Waals surface area contributed by atoms with E-state index in [0.717, 1.165) is 40.0 Å². The maximum atomic E-state index is 13.5. The molecule has 0 aliphatic carbocycles. The highest BCUT2D eigenvalue weighted by Gasteiger charge is 2.31. The molecule has 0 unspecified atom stereocenters. The molecule has 3 nitrogen and oxygen atoms in total. The third-order valence-corrected chi connectivity index (χ3v) is 6.27. The zero-order valence-corrected chi connectivity index (χ0v) is 19.4. The highest BCUT2D eigenvalue weighted by atomic mass is 19.4. The molecule has 34 heavy (non-hydrogen) atoms. The molecule has 6 heteroatoms. The van der Waals surface area contributed by atoms with Gasteiger partial charge in [-0.05, 0) is 53.3 Å². The molecule has 0 amide bonds. The Hall–Kier alpha value is -3.54. The highest BCUT2D eigenvalue weighted by molar-refractivity contribution is 5.96. The second kappa shape index (κ2) is 8.05. The monoisotopic (exact) mass is 462 g/mol. The lowest BCUT2D eigenvalue weighted by Gasteiger charge is -2.22. The van der Waals surface area contributed by atoms with Crippen LogP contribution in [0.15, 0.2) is 71.3 Å². The Morgan fingerprint density at radius 1 is 0.853 bits per heavy atom. The van der Waals surface area contributed by atoms with Crippen LogP contribution in [0.5, 0.6) is 0 Å². The Labute approximate surface area is 195 Å². The minimum atomic E-state index is -4.45. The number of aromatic nitrogens is 2. The number of halogens is 3. The average molecular weight is 463 g/mol. The summed E-state index contributed by atoms with van der Waals surface area (Å²) in [6, 6.07) is 17.6. The molecule has 0 atom stereocenters. The molecule has 174 valence electrons. The lowest BCUT2D eigenvalue weighted by atomic mass is 9.92. The van der Waals surface area contributed by atoms with E-state index in [9.17, 15) is 13.2 Å². The summed E-state index contributed by atoms with van der Waals surface area (Å²) in [7, 11) is 0. The zero-order valence-electron chi connectivity index (χ0n) is 19.4. The molecule has 0 spiro atoms. The van der Waals surface area contributed by atoms with E-state index >= 15 is 0 Å². The number of imidazole rings is 1. The molecule has 3 aromatic carbocycles. The lowest BCUT2D eigenvalue weighted by Crippen LogP contribution is -2.08. The number of alkyl halides is 3. The van der Waals surface area contributed by atoms with Crippen molar-refractivity contribution >= 4 is 22.0 Å². The van der Waals surface area contributed by atoms with Gasteiger partial charge in [-0.15, -0.1) is 0 Å². The first kappa shape index (κ1) is 22.3. The fraction of sp³-hybridized carbons (Fsp3) is 0.250. The Morgan fingerprint density at radius 2 is 1.53 bits per heavy atom. The Bertz CT molecular complexity index is 1480. The summed E-state index contributed by atoms with van der Waals surface area (Å²) in [5.74, 6) is 1.04. The molecule has 2 heterocycles. The molecule has 0 aliphatic rings. The normalized spacial score (nSPS) is 12.5. The van der Waals surface area contributed by atoms with Crippen LogP contribution in [0.4, 0.5) is 13.2 Å². The maximum absolute atomic E-state index is 13.5. The predicted octanol–water partition coefficient (Wildman–Crippen LogP) is 8.70. The van der Waals surface area contributed by atoms with E-state index in [-0.39, 0.29) is 11.8 Å². The summed E-state index contributed by atoms with van der Waals surface area (Å²) >= 11 is 0. The van der Waals surface area contributed by atoms with Crippen molar-refractivity contribution in [2.75, 3.05) is 0 Å². The summed E-state index contributed by atoms with van der Waals surface area (Å²) in [6.07, 6.45) is -2.94. The molecule has 2 aromatic heterocycles. The smallest absolute Gasteiger partial charge is 0.416 e. The van der Waals surface area contributed by atoms with Crippen molar-refractivity contribution in [1.82, 2.24) is 9.55 Å². The quantitative estimate of drug-likeness (QED) is 0.267. The third-order valence-electron chi connectivity index (χ3n) is 6.27. The number of hydrogen-bond acceptors (Lipinski definition) is 2. The van der Waals surface area contributed by atoms with E-state index in [2.05, 4.69) is 50.5 Å². The van der Waals surface area contributed by atoms with Crippen molar-refractivity contribution in [3.05, 3.63) is 83.6 Å². The van der Waals surface area contributed by atoms with E-state index in [4.69, 9.17) is 9.40 Å². The summed E-state index contributed by atoms with van der Waals surface area (Å²) in [5, 5.41) is 0.388. The molecule has 0 N–H and O–H groups in total. The van der Waals surface area contributed by atoms with E-state index in [1.165, 1.54) is 12.3 Å². The number of fused-ring (bicyclic) bond motifs is 2. The Kier molecular flexibility index (Phi) is 5.27. The molecular formula is C28H25F3N2O. The molecule has 5 rings (SSSR count). The number of nitrogens with zero attached hydrogens (tertiary/aromatic N) is 2. The first-order chi connectivity index (χ1) is 16.2. The van der Waals surface area contributed by atoms with Crippen LogP contribution in [0, 0.1) is 0 Å². The standard InChI is InChI=1S/C28H25F3N2O/c1-16(2)19-8-7-9-20(17(3)4)26(19)33-24-11-6-5-10-23(24)32-27(33)22-15-34-25-13-12-18(14-21(22)25)28(29,30)31/h5-17H,1-4H3. The number of hydrogen-bond donors (Lipinski definition) is 0. The minimum Gasteiger partial charge on any atom is -0.464 e. The van der Waals surface area contributed by atoms with Gasteiger partial charge < -0.3 is 4.42 Å². The molecule has 5 aromatic rings. The van der Waals surface area contributed by atoms with Gasteiger partial charge in [0, 0.05) is 5.39 Å². The van der Waals surface area contributed by atoms with Crippen LogP contribution in [0.3, 0.4) is 0 Å². The van der Waals surface area contributed by atoms with E-state index in [1.54, 1.807) is 0 Å². The second-order valence-electron chi connectivity index (χ2n) is 9.21. The number of rotatable bonds is 4. The third kappa shape index (κ3) is 3.58. The summed E-state index contributed by atoms with van der Waals surface area (Å²) < 4.78 is 48.3. The van der Waals surface area contributed by atoms with Crippen molar-refractivity contribution in [2.24, 2.45) is 0 Å². The van der Waals surface area contributed by atoms with Crippen molar-refractivity contribution in [1.29, 1.82) is 0 Å². The fourth-order valence-electron chi connectivity index (χ4n) is 4.58. The van der Waals surface area contributed by atoms with Crippen LogP contribution in [-0.4, -0.2) is 9.55 Å². The average Bonchev–Trinajstić information content (AvgIpc) is 3.38. The predicted molar refractivity (Wildman–Crippen MR) is 129 cm³/mol. The van der Waals surface area contributed by atoms with Crippen molar-refractivity contribution in [2.45, 2.75) is 45.7 Å². The van der Waals surface area contributed by atoms with E-state index < -0.39 is 11.7 Å². The van der Waals surface area contributed by atoms with Crippen LogP contribution >= 0.6 is 0 Å². The highest BCUT2D eigenvalue weighted by Crippen LogP contribution is 2.40. The van der Waals surface area contributed by atoms with Gasteiger partial charge in [-0.25, -0.2) is 4.98 Å². The summed E-state index contributed by atoms with van der Waals surface area (Å²) in [6.45, 7) is 8.57. The van der Waals surface area contributed by atoms with E-state index in [0.29, 0.717) is 22.4 Å². The van der Waals surface area contributed by atoms with Gasteiger partial charge in [0.1, 0.15) is 17.7 Å². The van der Waals surface area contributed by atoms with Crippen LogP contribution in [0.2, 0.25) is 0 Å². The van der Waals surface area contributed by atoms with Gasteiger partial charge in [0.05, 0.1) is 27.8 Å². The number of furan rings is 1. The maximum Gasteiger partial charge on any atom is 0.416 e. The van der Waals surface area contributed by atoms with Gasteiger partial charge >= 0.3 is 6.18 Å². The van der Waals surface area contributed by atoms with Crippen LogP contribution in [0.25, 0.3) is 39.1 Å². The van der Waals surface area contributed by atoms with Crippen molar-refractivity contribution in [3.63, 3.8) is 0 Å². The molecular weight excluding hydrogens is 437 g/mol. The topological polar surface area (TPSA) is 31.0 Å². The first-order valence-corrected chi connectivity index (χ1v) is 11.4. The van der Waals surface area contributed by atoms with Crippen LogP contribution < -0.4 is 0 Å². The van der Waals surface area contributed by atoms with Crippen LogP contribution in [-0.2, 0) is 6.18 Å². The van der Waals surface area contributed by atoms with Gasteiger partial charge in [0.25, 0.3) is 0 Å². The van der Waals surface area contributed by atoms with Gasteiger partial charge in [0.2, 0.25) is 0 Å². The lowest BCUT2D eigenvalue weighted by molar-refractivity contribution is -0.137. The largest absolute Gasteiger partial charge is 0.464 e. The molecule has 0 fully saturated rings. The Morgan fingerprint density at radius 3 is 2.18 bits per heavy atom. The van der Waals surface area contributed by atoms with Gasteiger partial charge in [-0.1, -0.05) is 58.0 Å². The molecule has 0 radical (unpaired) electrons. The molecule has 0 saturated carbocycles. The Balaban J connectivity index is 1.90. The number of benzene rings is 3. The minimum absolute atomic E-state index is 0.237. The van der Waals surface area contributed by atoms with Crippen LogP contribution in [0.1, 0.15) is 56.2 Å². The van der Waals surface area contributed by atoms with E-state index in [1.807, 2.05) is 24.3 Å². The molecule has 0 saturated heterocycles. The molecule has 0 aliphatic heterocycles. The summed E-state index contributed by atoms with van der Waals surface area (Å²) in [5.41, 5.74) is 5.21. The van der Waals surface area contributed by atoms with Gasteiger partial charge in [0.15, 0.2) is 0 Å². The molecule has 0 bridgehead atoms. The second-order valence-corrected chi connectivity index (χ2v) is 9.21. The summed E-state index contributed by atoms with van der Waals surface area (Å²) in [4.78, 5) is 4.90. The zero-order chi connectivity index (χ0) is 24.2. The van der Waals surface area contributed by atoms with Crippen molar-refractivity contribution in [3.8, 4) is 17.1 Å². The SMILES string of the molecule is CC(C)c1cccc(C(C)C)c1-n1c(-c2coc3ccc(C(F)(F)F)cc23)nc2ccccc21. The van der Waals surface area contributed by atoms with Crippen molar-refractivity contribution < 1.29 is 17.6 Å². The number of para-hydroxylation sites is 3. The fourth-order valence-corrected chi connectivity index (χ4v) is 4.58. The first-order valence-electron chi connectivity index (χ1n) is 11.4. The van der Waals surface area contributed by atoms with Gasteiger partial charge in [-0.3, -0.25) is 4.57 Å². The van der Waals surface area contributed by atoms with Gasteiger partial charge in [-0.2, -0.15) is 13.2 Å².